The summed E-state index contributed by atoms with van der Waals surface area (Å²) in [5.74, 6) is 3.21. The van der Waals surface area contributed by atoms with Crippen molar-refractivity contribution in [2.75, 3.05) is 0 Å². The second kappa shape index (κ2) is 44.5. The summed E-state index contributed by atoms with van der Waals surface area (Å²) in [7, 11) is 0. The van der Waals surface area contributed by atoms with Crippen LogP contribution in [-0.2, 0) is 18.3 Å². The summed E-state index contributed by atoms with van der Waals surface area (Å²) < 4.78 is 9.40. The molecule has 0 spiro atoms. The van der Waals surface area contributed by atoms with E-state index in [4.69, 9.17) is 25.0 Å². The van der Waals surface area contributed by atoms with Gasteiger partial charge in [-0.15, -0.1) is 69.1 Å². The normalized spacial score (nSPS) is 19.2. The van der Waals surface area contributed by atoms with E-state index in [1.807, 2.05) is 63.2 Å². The van der Waals surface area contributed by atoms with Crippen molar-refractivity contribution < 1.29 is 46.0 Å². The Kier molecular flexibility index (Phi) is 33.1. The summed E-state index contributed by atoms with van der Waals surface area (Å²) in [6.07, 6.45) is 37.5. The molecule has 11 aromatic rings. The molecular weight excluding hydrogens is 1750 g/mol. The van der Waals surface area contributed by atoms with E-state index in [2.05, 4.69) is 99.0 Å². The number of hydrogen-bond acceptors (Lipinski definition) is 24. The molecule has 5 aromatic heterocycles. The Bertz CT molecular complexity index is 6310. The van der Waals surface area contributed by atoms with Crippen LogP contribution >= 0.6 is 69.1 Å². The highest BCUT2D eigenvalue weighted by atomic mass is 35.5. The summed E-state index contributed by atoms with van der Waals surface area (Å²) in [5.41, 5.74) is 14.8. The molecule has 0 radical (unpaired) electrons. The zero-order valence-corrected chi connectivity index (χ0v) is 81.1. The van der Waals surface area contributed by atoms with E-state index in [9.17, 15) is 46.0 Å². The Labute approximate surface area is 786 Å². The van der Waals surface area contributed by atoms with Crippen molar-refractivity contribution in [2.45, 2.75) is 272 Å². The molecule has 18 rings (SSSR count). The number of benzene rings is 6. The zero-order chi connectivity index (χ0) is 91.2. The van der Waals surface area contributed by atoms with Crippen LogP contribution < -0.4 is 24.0 Å². The van der Waals surface area contributed by atoms with Crippen LogP contribution in [0.5, 0.6) is 51.7 Å². The first-order valence-corrected chi connectivity index (χ1v) is 49.7. The molecule has 6 fully saturated rings. The average molecular weight is 1880 g/mol. The summed E-state index contributed by atoms with van der Waals surface area (Å²) in [6.45, 7) is 21.5. The van der Waals surface area contributed by atoms with Gasteiger partial charge in [-0.1, -0.05) is 109 Å². The molecule has 4 atom stereocenters. The summed E-state index contributed by atoms with van der Waals surface area (Å²) >= 11 is 8.11. The van der Waals surface area contributed by atoms with Gasteiger partial charge in [0.25, 0.3) is 0 Å². The largest absolute Gasteiger partial charge is 0.508 e. The highest BCUT2D eigenvalue weighted by Crippen LogP contribution is 2.46. The molecular formula is C100H124ClN15O9S5. The number of aromatic hydroxyl groups is 9. The Morgan fingerprint density at radius 3 is 1.19 bits per heavy atom. The first-order chi connectivity index (χ1) is 62.0. The van der Waals surface area contributed by atoms with Crippen LogP contribution in [0, 0.1) is 67.2 Å². The van der Waals surface area contributed by atoms with Crippen molar-refractivity contribution in [3.8, 4) is 51.7 Å². The average Bonchev–Trinajstić information content (AvgIpc) is 1.63. The number of fused-ring (bicyclic) bond motifs is 3. The maximum atomic E-state index is 10.1. The number of phenolic OH excluding ortho intramolecular Hbond substituents is 9. The number of halogens is 1. The van der Waals surface area contributed by atoms with E-state index < -0.39 is 0 Å². The molecule has 0 aliphatic heterocycles. The van der Waals surface area contributed by atoms with Crippen LogP contribution in [0.1, 0.15) is 263 Å². The Balaban J connectivity index is 0.000000138. The standard InChI is InChI=1S/C22H23N3O2S.C21H29N3O2S.C20H25N3O2S.C19H23N3O2S.C18H23N3OS.ClH/c1-14-9-21(27)18(11-20(14)26)12-23-25-15(2)13-28-22(25)24-19-8-7-16-5-3-4-6-17(16)10-19;1-14-10-15(18(26)11-17(14)25)12-22-24-19(21(2,3)4)13-27-20(24)23-16-8-6-5-7-9-16;1-13-9-19(25)15(10-18(13)24)11-21-23-17(14-7-8-14)12-26-20(23)22-16-5-3-2-4-6-16;1-11-5-15(18(24)8-17(11)23)9-20-22-12(2)10-25-19(22)21-16-7-13-3-4-14(16)6-13;1-13-10-15(8-9-17(13)22)11-19-21-14(2)12-23-18(21)20-16-6-4-3-5-7-16;/h3-6,9,11-13,19,26-27H,7-8,10H2,1-2H3;10-13,16,25-26H,5-9H2,1-4H3;9-12,14,16,24-25H,2-8H2,1H3;5,8-10,13-14,16,23-24H,3-4,6-7H2,1-2H3;8-12,16,22H,3-7H2,1-2H3;1H/b23-12+,24-22?;22-12+,23-20?;21-11+,22-20?;20-9+,21-19?;19-11+,20-18?;. The van der Waals surface area contributed by atoms with E-state index in [1.54, 1.807) is 144 Å². The van der Waals surface area contributed by atoms with Gasteiger partial charge in [-0.2, -0.15) is 25.5 Å². The van der Waals surface area contributed by atoms with Crippen molar-refractivity contribution in [2.24, 2.45) is 62.3 Å². The quantitative estimate of drug-likeness (QED) is 0.0327. The number of aromatic nitrogens is 5. The van der Waals surface area contributed by atoms with Gasteiger partial charge in [0, 0.05) is 72.6 Å². The molecule has 9 N–H and O–H groups in total. The Hall–Kier alpha value is -10.7. The van der Waals surface area contributed by atoms with Gasteiger partial charge in [0.1, 0.15) is 51.7 Å². The first kappa shape index (κ1) is 96.9. The van der Waals surface area contributed by atoms with Crippen LogP contribution in [0.25, 0.3) is 0 Å². The number of thiazole rings is 5. The smallest absolute Gasteiger partial charge is 0.206 e. The van der Waals surface area contributed by atoms with Crippen LogP contribution in [0.2, 0.25) is 0 Å². The highest BCUT2D eigenvalue weighted by molar-refractivity contribution is 7.08. The maximum absolute atomic E-state index is 10.1. The molecule has 6 aromatic carbocycles. The number of rotatable bonds is 16. The van der Waals surface area contributed by atoms with E-state index in [-0.39, 0.29) is 69.9 Å². The van der Waals surface area contributed by atoms with E-state index >= 15 is 0 Å². The number of hydrogen-bond donors (Lipinski definition) is 9. The fraction of sp³-hybridized carbons (Fsp3) is 0.440. The lowest BCUT2D eigenvalue weighted by Crippen LogP contribution is -2.24. The fourth-order valence-corrected chi connectivity index (χ4v) is 21.9. The molecule has 7 aliphatic rings. The van der Waals surface area contributed by atoms with Gasteiger partial charge in [-0.3, -0.25) is 25.0 Å². The number of aryl methyl sites for hydroxylation is 9. The monoisotopic (exact) mass is 1870 g/mol. The molecule has 5 heterocycles. The van der Waals surface area contributed by atoms with Crippen molar-refractivity contribution in [1.82, 2.24) is 23.4 Å². The number of phenols is 9. The molecule has 0 saturated heterocycles. The lowest BCUT2D eigenvalue weighted by Gasteiger charge is -2.21. The van der Waals surface area contributed by atoms with Crippen molar-refractivity contribution >= 4 is 100 Å². The molecule has 0 amide bonds. The van der Waals surface area contributed by atoms with Crippen LogP contribution in [0.15, 0.2) is 168 Å². The van der Waals surface area contributed by atoms with Gasteiger partial charge in [0.2, 0.25) is 24.0 Å². The third kappa shape index (κ3) is 25.3. The van der Waals surface area contributed by atoms with Crippen LogP contribution in [0.4, 0.5) is 0 Å². The van der Waals surface area contributed by atoms with E-state index in [0.29, 0.717) is 80.3 Å². The second-order valence-electron chi connectivity index (χ2n) is 36.4. The molecule has 30 heteroatoms. The lowest BCUT2D eigenvalue weighted by molar-refractivity contribution is 0.412. The molecule has 4 unspecified atom stereocenters. The molecule has 690 valence electrons. The zero-order valence-electron chi connectivity index (χ0n) is 76.2. The Morgan fingerprint density at radius 1 is 0.338 bits per heavy atom. The molecule has 24 nitrogen and oxygen atoms in total. The van der Waals surface area contributed by atoms with Crippen LogP contribution in [-0.4, -0.2) is 131 Å². The minimum absolute atomic E-state index is 0. The molecule has 7 aliphatic carbocycles. The fourth-order valence-electron chi connectivity index (χ4n) is 17.2. The SMILES string of the molecule is Cc1cc(/C=N/n2c(C(C)(C)C)csc2=NC2CCCCC2)c(O)cc1O.Cc1cc(/C=N/n2c(C)csc2=NC2CC3CCC2C3)c(O)cc1O.Cc1cc(/C=N/n2c(C)csc2=NC2CCCCC2)ccc1O.Cc1cc(O)c(/C=N/n2c(C)csc2=NC2CCc3ccccc3C2)cc1O.Cc1cc(O)c(/C=N/n2c(C3CC3)csc2=NC2CCCCC2)cc1O.Cl. The van der Waals surface area contributed by atoms with Crippen molar-refractivity contribution in [3.05, 3.63) is 237 Å². The summed E-state index contributed by atoms with van der Waals surface area (Å²) in [4.78, 5) is 29.4. The lowest BCUT2D eigenvalue weighted by atomic mass is 9.89. The van der Waals surface area contributed by atoms with Gasteiger partial charge in [-0.25, -0.2) is 23.4 Å². The van der Waals surface area contributed by atoms with Gasteiger partial charge < -0.3 is 46.0 Å². The predicted octanol–water partition coefficient (Wildman–Crippen LogP) is 20.8. The van der Waals surface area contributed by atoms with Crippen molar-refractivity contribution in [1.29, 1.82) is 0 Å². The highest BCUT2D eigenvalue weighted by Gasteiger charge is 2.40. The molecule has 6 saturated carbocycles. The number of nitrogens with zero attached hydrogens (tertiary/aromatic N) is 15. The predicted molar refractivity (Wildman–Crippen MR) is 529 cm³/mol. The first-order valence-electron chi connectivity index (χ1n) is 45.3. The van der Waals surface area contributed by atoms with Crippen molar-refractivity contribution in [3.63, 3.8) is 0 Å². The second-order valence-corrected chi connectivity index (χ2v) is 40.6. The third-order valence-electron chi connectivity index (χ3n) is 25.1. The van der Waals surface area contributed by atoms with Gasteiger partial charge in [0.05, 0.1) is 89.8 Å². The summed E-state index contributed by atoms with van der Waals surface area (Å²) in [5, 5.41) is 123. The topological polar surface area (TPSA) is 330 Å². The molecule has 130 heavy (non-hydrogen) atoms. The molecule has 2 bridgehead atoms. The minimum atomic E-state index is -0.0684. The minimum Gasteiger partial charge on any atom is -0.508 e. The Morgan fingerprint density at radius 2 is 0.731 bits per heavy atom. The third-order valence-corrected chi connectivity index (χ3v) is 29.6. The maximum Gasteiger partial charge on any atom is 0.206 e. The van der Waals surface area contributed by atoms with Gasteiger partial charge in [-0.05, 0) is 256 Å². The van der Waals surface area contributed by atoms with E-state index in [1.165, 1.54) is 150 Å². The van der Waals surface area contributed by atoms with Gasteiger partial charge >= 0.3 is 0 Å². The van der Waals surface area contributed by atoms with E-state index in [0.717, 1.165) is 115 Å². The van der Waals surface area contributed by atoms with Crippen LogP contribution in [0.3, 0.4) is 0 Å². The summed E-state index contributed by atoms with van der Waals surface area (Å²) in [6, 6.07) is 28.3. The van der Waals surface area contributed by atoms with Gasteiger partial charge in [0.15, 0.2) is 0 Å².